The summed E-state index contributed by atoms with van der Waals surface area (Å²) >= 11 is 0. The molecule has 22 heavy (non-hydrogen) atoms. The molecule has 2 aliphatic rings. The lowest BCUT2D eigenvalue weighted by Crippen LogP contribution is -2.63. The fourth-order valence-corrected chi connectivity index (χ4v) is 2.86. The van der Waals surface area contributed by atoms with Crippen molar-refractivity contribution in [2.75, 3.05) is 33.8 Å². The average Bonchev–Trinajstić information content (AvgIpc) is 2.80. The van der Waals surface area contributed by atoms with E-state index in [9.17, 15) is 9.59 Å². The Morgan fingerprint density at radius 1 is 1.50 bits per heavy atom. The number of carbonyl (C=O) groups excluding carboxylic acids is 2. The highest BCUT2D eigenvalue weighted by atomic mass is 16.5. The summed E-state index contributed by atoms with van der Waals surface area (Å²) in [6, 6.07) is -0.0572. The third-order valence-electron chi connectivity index (χ3n) is 4.56. The van der Waals surface area contributed by atoms with E-state index in [1.54, 1.807) is 14.2 Å². The second-order valence-electron chi connectivity index (χ2n) is 6.18. The zero-order valence-corrected chi connectivity index (χ0v) is 13.6. The van der Waals surface area contributed by atoms with Gasteiger partial charge in [0.15, 0.2) is 5.96 Å². The van der Waals surface area contributed by atoms with Gasteiger partial charge >= 0.3 is 6.03 Å². The van der Waals surface area contributed by atoms with E-state index in [1.807, 2.05) is 0 Å². The SMILES string of the molecule is CN=C(NCCN1C(=O)CNC1=O)NC1CC(OC)C1(C)C. The number of guanidine groups is 1. The number of hydrogen-bond donors (Lipinski definition) is 3. The van der Waals surface area contributed by atoms with Crippen LogP contribution in [0.4, 0.5) is 4.79 Å². The number of rotatable bonds is 5. The Balaban J connectivity index is 1.77. The highest BCUT2D eigenvalue weighted by Crippen LogP contribution is 2.42. The Morgan fingerprint density at radius 2 is 2.23 bits per heavy atom. The lowest BCUT2D eigenvalue weighted by Gasteiger charge is -2.51. The topological polar surface area (TPSA) is 95.1 Å². The number of aliphatic imine (C=N–C) groups is 1. The van der Waals surface area contributed by atoms with Gasteiger partial charge in [-0.2, -0.15) is 0 Å². The molecule has 1 saturated carbocycles. The molecule has 0 bridgehead atoms. The highest BCUT2D eigenvalue weighted by Gasteiger charge is 2.48. The first-order chi connectivity index (χ1) is 10.4. The minimum atomic E-state index is -0.335. The maximum Gasteiger partial charge on any atom is 0.324 e. The molecule has 8 heteroatoms. The van der Waals surface area contributed by atoms with Crippen molar-refractivity contribution in [1.82, 2.24) is 20.9 Å². The summed E-state index contributed by atoms with van der Waals surface area (Å²) in [6.45, 7) is 5.17. The number of nitrogens with one attached hydrogen (secondary N) is 3. The molecule has 0 aromatic carbocycles. The summed E-state index contributed by atoms with van der Waals surface area (Å²) in [5.41, 5.74) is 0.0389. The van der Waals surface area contributed by atoms with Crippen molar-refractivity contribution >= 4 is 17.9 Å². The molecule has 2 rings (SSSR count). The molecular formula is C14H25N5O3. The Labute approximate surface area is 130 Å². The first-order valence-corrected chi connectivity index (χ1v) is 7.48. The van der Waals surface area contributed by atoms with Crippen LogP contribution in [0.1, 0.15) is 20.3 Å². The molecule has 0 spiro atoms. The number of imide groups is 1. The quantitative estimate of drug-likeness (QED) is 0.362. The van der Waals surface area contributed by atoms with Gasteiger partial charge < -0.3 is 20.7 Å². The molecule has 1 saturated heterocycles. The second-order valence-corrected chi connectivity index (χ2v) is 6.18. The molecule has 1 heterocycles. The number of carbonyl (C=O) groups is 2. The Hall–Kier alpha value is -1.83. The van der Waals surface area contributed by atoms with E-state index in [2.05, 4.69) is 34.8 Å². The molecular weight excluding hydrogens is 286 g/mol. The van der Waals surface area contributed by atoms with Gasteiger partial charge in [0.2, 0.25) is 5.91 Å². The summed E-state index contributed by atoms with van der Waals surface area (Å²) in [5.74, 6) is 0.470. The van der Waals surface area contributed by atoms with E-state index in [0.29, 0.717) is 19.0 Å². The lowest BCUT2D eigenvalue weighted by molar-refractivity contribution is -0.124. The third kappa shape index (κ3) is 3.16. The van der Waals surface area contributed by atoms with Crippen molar-refractivity contribution < 1.29 is 14.3 Å². The maximum atomic E-state index is 11.5. The number of amides is 3. The van der Waals surface area contributed by atoms with Crippen LogP contribution in [-0.4, -0.2) is 68.7 Å². The predicted octanol–water partition coefficient (Wildman–Crippen LogP) is -0.483. The third-order valence-corrected chi connectivity index (χ3v) is 4.56. The minimum absolute atomic E-state index is 0.0389. The zero-order valence-electron chi connectivity index (χ0n) is 13.6. The van der Waals surface area contributed by atoms with Gasteiger partial charge in [0, 0.05) is 38.7 Å². The van der Waals surface area contributed by atoms with E-state index < -0.39 is 0 Å². The highest BCUT2D eigenvalue weighted by molar-refractivity contribution is 6.01. The molecule has 2 atom stereocenters. The number of urea groups is 1. The first-order valence-electron chi connectivity index (χ1n) is 7.48. The molecule has 2 fully saturated rings. The van der Waals surface area contributed by atoms with Crippen LogP contribution in [0.2, 0.25) is 0 Å². The van der Waals surface area contributed by atoms with Crippen LogP contribution in [0.5, 0.6) is 0 Å². The Bertz CT molecular complexity index is 461. The number of nitrogens with zero attached hydrogens (tertiary/aromatic N) is 2. The van der Waals surface area contributed by atoms with E-state index in [4.69, 9.17) is 4.74 Å². The van der Waals surface area contributed by atoms with Crippen LogP contribution in [0, 0.1) is 5.41 Å². The van der Waals surface area contributed by atoms with Gasteiger partial charge in [-0.05, 0) is 6.42 Å². The van der Waals surface area contributed by atoms with Gasteiger partial charge in [-0.15, -0.1) is 0 Å². The van der Waals surface area contributed by atoms with Crippen LogP contribution < -0.4 is 16.0 Å². The van der Waals surface area contributed by atoms with Crippen molar-refractivity contribution in [2.24, 2.45) is 10.4 Å². The molecule has 1 aliphatic carbocycles. The number of hydrogen-bond acceptors (Lipinski definition) is 4. The zero-order chi connectivity index (χ0) is 16.3. The van der Waals surface area contributed by atoms with Crippen LogP contribution >= 0.6 is 0 Å². The lowest BCUT2D eigenvalue weighted by atomic mass is 9.64. The summed E-state index contributed by atoms with van der Waals surface area (Å²) in [6.07, 6.45) is 1.17. The molecule has 3 N–H and O–H groups in total. The van der Waals surface area contributed by atoms with Crippen molar-refractivity contribution in [3.63, 3.8) is 0 Å². The van der Waals surface area contributed by atoms with Crippen molar-refractivity contribution in [1.29, 1.82) is 0 Å². The van der Waals surface area contributed by atoms with E-state index in [-0.39, 0.29) is 36.0 Å². The molecule has 2 unspecified atom stereocenters. The van der Waals surface area contributed by atoms with Crippen molar-refractivity contribution in [3.8, 4) is 0 Å². The van der Waals surface area contributed by atoms with Crippen molar-refractivity contribution in [3.05, 3.63) is 0 Å². The largest absolute Gasteiger partial charge is 0.381 e. The molecule has 3 amide bonds. The van der Waals surface area contributed by atoms with Gasteiger partial charge in [0.25, 0.3) is 0 Å². The summed E-state index contributed by atoms with van der Waals surface area (Å²) in [5, 5.41) is 8.99. The van der Waals surface area contributed by atoms with Gasteiger partial charge in [0.1, 0.15) is 0 Å². The van der Waals surface area contributed by atoms with Gasteiger partial charge in [-0.1, -0.05) is 13.8 Å². The summed E-state index contributed by atoms with van der Waals surface area (Å²) in [7, 11) is 3.43. The first kappa shape index (κ1) is 16.5. The monoisotopic (exact) mass is 311 g/mol. The molecule has 1 aliphatic heterocycles. The molecule has 8 nitrogen and oxygen atoms in total. The van der Waals surface area contributed by atoms with E-state index in [1.165, 1.54) is 4.90 Å². The van der Waals surface area contributed by atoms with E-state index >= 15 is 0 Å². The minimum Gasteiger partial charge on any atom is -0.381 e. The summed E-state index contributed by atoms with van der Waals surface area (Å²) < 4.78 is 5.43. The molecule has 0 aromatic rings. The summed E-state index contributed by atoms with van der Waals surface area (Å²) in [4.78, 5) is 28.3. The second kappa shape index (κ2) is 6.51. The normalized spacial score (nSPS) is 27.5. The molecule has 0 aromatic heterocycles. The fourth-order valence-electron chi connectivity index (χ4n) is 2.86. The average molecular weight is 311 g/mol. The molecule has 124 valence electrons. The van der Waals surface area contributed by atoms with Gasteiger partial charge in [0.05, 0.1) is 12.6 Å². The van der Waals surface area contributed by atoms with Crippen LogP contribution in [0.15, 0.2) is 4.99 Å². The van der Waals surface area contributed by atoms with Gasteiger partial charge in [-0.3, -0.25) is 14.7 Å². The van der Waals surface area contributed by atoms with Crippen LogP contribution in [0.3, 0.4) is 0 Å². The fraction of sp³-hybridized carbons (Fsp3) is 0.786. The van der Waals surface area contributed by atoms with Crippen LogP contribution in [0.25, 0.3) is 0 Å². The predicted molar refractivity (Wildman–Crippen MR) is 82.6 cm³/mol. The smallest absolute Gasteiger partial charge is 0.324 e. The Kier molecular flexibility index (Phi) is 4.90. The van der Waals surface area contributed by atoms with Gasteiger partial charge in [-0.25, -0.2) is 4.79 Å². The van der Waals surface area contributed by atoms with E-state index in [0.717, 1.165) is 6.42 Å². The van der Waals surface area contributed by atoms with Crippen molar-refractivity contribution in [2.45, 2.75) is 32.4 Å². The molecule has 0 radical (unpaired) electrons. The number of ether oxygens (including phenoxy) is 1. The van der Waals surface area contributed by atoms with Crippen LogP contribution in [-0.2, 0) is 9.53 Å². The number of methoxy groups -OCH3 is 1. The Morgan fingerprint density at radius 3 is 2.73 bits per heavy atom. The standard InChI is InChI=1S/C14H25N5O3/c1-14(2)9(7-10(14)22-4)18-12(15-3)16-5-6-19-11(20)8-17-13(19)21/h9-10H,5-8H2,1-4H3,(H,17,21)(H2,15,16,18). The maximum absolute atomic E-state index is 11.5.